The van der Waals surface area contributed by atoms with Gasteiger partial charge in [0.15, 0.2) is 0 Å². The molecule has 2 amide bonds. The summed E-state index contributed by atoms with van der Waals surface area (Å²) in [6, 6.07) is 13.1. The van der Waals surface area contributed by atoms with E-state index < -0.39 is 12.1 Å². The summed E-state index contributed by atoms with van der Waals surface area (Å²) in [5.41, 5.74) is 1.33. The number of rotatable bonds is 6. The van der Waals surface area contributed by atoms with Crippen LogP contribution in [0, 0.1) is 0 Å². The molecule has 0 radical (unpaired) electrons. The number of carbonyl (C=O) groups is 2. The van der Waals surface area contributed by atoms with Gasteiger partial charge in [-0.3, -0.25) is 9.59 Å². The van der Waals surface area contributed by atoms with Gasteiger partial charge in [-0.2, -0.15) is 0 Å². The van der Waals surface area contributed by atoms with E-state index in [-0.39, 0.29) is 30.8 Å². The fourth-order valence-electron chi connectivity index (χ4n) is 3.48. The number of hydrogen-bond acceptors (Lipinski definition) is 4. The lowest BCUT2D eigenvalue weighted by Gasteiger charge is -2.25. The van der Waals surface area contributed by atoms with E-state index in [0.29, 0.717) is 22.9 Å². The second-order valence-corrected chi connectivity index (χ2v) is 7.54. The second-order valence-electron chi connectivity index (χ2n) is 7.11. The fourth-order valence-corrected chi connectivity index (χ4v) is 3.61. The largest absolute Gasteiger partial charge is 0.494 e. The molecule has 0 aliphatic carbocycles. The number of aliphatic hydroxyl groups excluding tert-OH is 1. The van der Waals surface area contributed by atoms with Crippen molar-refractivity contribution in [1.29, 1.82) is 0 Å². The van der Waals surface area contributed by atoms with Crippen LogP contribution in [0.15, 0.2) is 48.5 Å². The number of benzene rings is 2. The molecule has 0 unspecified atom stereocenters. The van der Waals surface area contributed by atoms with Gasteiger partial charge in [-0.25, -0.2) is 0 Å². The molecule has 1 fully saturated rings. The highest BCUT2D eigenvalue weighted by Crippen LogP contribution is 2.24. The van der Waals surface area contributed by atoms with Crippen molar-refractivity contribution in [2.24, 2.45) is 0 Å². The summed E-state index contributed by atoms with van der Waals surface area (Å²) >= 11 is 5.92. The van der Waals surface area contributed by atoms with Crippen molar-refractivity contribution in [1.82, 2.24) is 10.2 Å². The van der Waals surface area contributed by atoms with Crippen LogP contribution in [-0.2, 0) is 4.79 Å². The van der Waals surface area contributed by atoms with Crippen LogP contribution in [0.25, 0.3) is 0 Å². The maximum atomic E-state index is 13.0. The average molecular weight is 417 g/mol. The number of carbonyl (C=O) groups excluding carboxylic acids is 2. The van der Waals surface area contributed by atoms with Crippen LogP contribution in [-0.4, -0.2) is 47.1 Å². The lowest BCUT2D eigenvalue weighted by molar-refractivity contribution is -0.125. The van der Waals surface area contributed by atoms with E-state index in [1.54, 1.807) is 36.4 Å². The summed E-state index contributed by atoms with van der Waals surface area (Å²) in [6.45, 7) is 4.34. The zero-order valence-corrected chi connectivity index (χ0v) is 17.2. The third-order valence-electron chi connectivity index (χ3n) is 4.96. The molecule has 1 heterocycles. The second kappa shape index (κ2) is 9.29. The molecule has 1 aliphatic heterocycles. The topological polar surface area (TPSA) is 78.9 Å². The normalized spacial score (nSPS) is 19.7. The molecule has 2 aromatic carbocycles. The first kappa shape index (κ1) is 21.1. The zero-order chi connectivity index (χ0) is 21.0. The quantitative estimate of drug-likeness (QED) is 0.758. The van der Waals surface area contributed by atoms with Gasteiger partial charge in [-0.15, -0.1) is 0 Å². The number of halogens is 1. The van der Waals surface area contributed by atoms with Gasteiger partial charge in [0.1, 0.15) is 11.8 Å². The van der Waals surface area contributed by atoms with Crippen molar-refractivity contribution < 1.29 is 19.4 Å². The Morgan fingerprint density at radius 3 is 2.69 bits per heavy atom. The van der Waals surface area contributed by atoms with Gasteiger partial charge in [0.25, 0.3) is 5.91 Å². The Morgan fingerprint density at radius 1 is 1.28 bits per heavy atom. The monoisotopic (exact) mass is 416 g/mol. The molecule has 0 saturated carbocycles. The smallest absolute Gasteiger partial charge is 0.254 e. The minimum atomic E-state index is -0.740. The Hall–Kier alpha value is -2.57. The van der Waals surface area contributed by atoms with Gasteiger partial charge in [0, 0.05) is 23.6 Å². The molecule has 6 nitrogen and oxygen atoms in total. The Kier molecular flexibility index (Phi) is 6.77. The number of ether oxygens (including phenoxy) is 1. The summed E-state index contributed by atoms with van der Waals surface area (Å²) < 4.78 is 5.46. The minimum absolute atomic E-state index is 0.116. The number of nitrogens with one attached hydrogen (secondary N) is 1. The standard InChI is InChI=1S/C22H25ClN2O4/c1-3-29-19-6-4-5-16(11-19)22(28)25-13-18(26)12-20(25)21(27)24-14(2)15-7-9-17(23)10-8-15/h4-11,14,18,20,26H,3,12-13H2,1-2H3,(H,24,27)/t14-,18+,20-/m0/s1. The maximum Gasteiger partial charge on any atom is 0.254 e. The predicted molar refractivity (Wildman–Crippen MR) is 111 cm³/mol. The van der Waals surface area contributed by atoms with Crippen LogP contribution in [0.4, 0.5) is 0 Å². The van der Waals surface area contributed by atoms with Gasteiger partial charge >= 0.3 is 0 Å². The van der Waals surface area contributed by atoms with Crippen molar-refractivity contribution in [3.8, 4) is 5.75 Å². The van der Waals surface area contributed by atoms with Gasteiger partial charge in [-0.1, -0.05) is 29.8 Å². The Labute approximate surface area is 175 Å². The number of likely N-dealkylation sites (tertiary alicyclic amines) is 1. The molecule has 2 aromatic rings. The third kappa shape index (κ3) is 5.08. The van der Waals surface area contributed by atoms with Crippen LogP contribution >= 0.6 is 11.6 Å². The van der Waals surface area contributed by atoms with E-state index in [4.69, 9.17) is 16.3 Å². The van der Waals surface area contributed by atoms with E-state index in [2.05, 4.69) is 5.32 Å². The van der Waals surface area contributed by atoms with E-state index in [1.807, 2.05) is 26.0 Å². The Bertz CT molecular complexity index is 871. The first-order valence-electron chi connectivity index (χ1n) is 9.66. The molecule has 7 heteroatoms. The highest BCUT2D eigenvalue weighted by atomic mass is 35.5. The van der Waals surface area contributed by atoms with Crippen molar-refractivity contribution in [2.75, 3.05) is 13.2 Å². The predicted octanol–water partition coefficient (Wildman–Crippen LogP) is 3.19. The number of hydrogen-bond donors (Lipinski definition) is 2. The molecular formula is C22H25ClN2O4. The van der Waals surface area contributed by atoms with E-state index in [9.17, 15) is 14.7 Å². The highest BCUT2D eigenvalue weighted by Gasteiger charge is 2.39. The molecule has 3 rings (SSSR count). The third-order valence-corrected chi connectivity index (χ3v) is 5.22. The Balaban J connectivity index is 1.73. The summed E-state index contributed by atoms with van der Waals surface area (Å²) in [5, 5.41) is 13.7. The number of amides is 2. The molecule has 154 valence electrons. The van der Waals surface area contributed by atoms with Crippen molar-refractivity contribution in [3.63, 3.8) is 0 Å². The molecule has 0 spiro atoms. The average Bonchev–Trinajstić information content (AvgIpc) is 3.10. The molecule has 3 atom stereocenters. The van der Waals surface area contributed by atoms with Crippen LogP contribution in [0.2, 0.25) is 5.02 Å². The van der Waals surface area contributed by atoms with Crippen LogP contribution < -0.4 is 10.1 Å². The van der Waals surface area contributed by atoms with Crippen molar-refractivity contribution in [3.05, 3.63) is 64.7 Å². The maximum absolute atomic E-state index is 13.0. The summed E-state index contributed by atoms with van der Waals surface area (Å²) in [6.07, 6.45) is -0.536. The van der Waals surface area contributed by atoms with Crippen LogP contribution in [0.5, 0.6) is 5.75 Å². The van der Waals surface area contributed by atoms with Crippen molar-refractivity contribution in [2.45, 2.75) is 38.5 Å². The van der Waals surface area contributed by atoms with Gasteiger partial charge in [0.05, 0.1) is 18.8 Å². The molecule has 0 bridgehead atoms. The van der Waals surface area contributed by atoms with Crippen LogP contribution in [0.3, 0.4) is 0 Å². The highest BCUT2D eigenvalue weighted by molar-refractivity contribution is 6.30. The van der Waals surface area contributed by atoms with Gasteiger partial charge < -0.3 is 20.1 Å². The van der Waals surface area contributed by atoms with Crippen LogP contribution in [0.1, 0.15) is 42.2 Å². The zero-order valence-electron chi connectivity index (χ0n) is 16.5. The SMILES string of the molecule is CCOc1cccc(C(=O)N2C[C@H](O)C[C@H]2C(=O)N[C@@H](C)c2ccc(Cl)cc2)c1. The molecule has 0 aromatic heterocycles. The lowest BCUT2D eigenvalue weighted by atomic mass is 10.1. The van der Waals surface area contributed by atoms with Gasteiger partial charge in [-0.05, 0) is 49.7 Å². The number of nitrogens with zero attached hydrogens (tertiary/aromatic N) is 1. The molecular weight excluding hydrogens is 392 g/mol. The van der Waals surface area contributed by atoms with Crippen molar-refractivity contribution >= 4 is 23.4 Å². The number of aliphatic hydroxyl groups is 1. The first-order chi connectivity index (χ1) is 13.9. The molecule has 1 aliphatic rings. The molecule has 29 heavy (non-hydrogen) atoms. The van der Waals surface area contributed by atoms with Gasteiger partial charge in [0.2, 0.25) is 5.91 Å². The van der Waals surface area contributed by atoms with E-state index in [1.165, 1.54) is 4.90 Å². The summed E-state index contributed by atoms with van der Waals surface area (Å²) in [5.74, 6) is -0.00355. The number of β-amino-alcohol motifs (C(OH)–C–C–N with tert-alkyl or cyclic N) is 1. The molecule has 2 N–H and O–H groups in total. The van der Waals surface area contributed by atoms with E-state index in [0.717, 1.165) is 5.56 Å². The summed E-state index contributed by atoms with van der Waals surface area (Å²) in [7, 11) is 0. The fraction of sp³-hybridized carbons (Fsp3) is 0.364. The Morgan fingerprint density at radius 2 is 2.00 bits per heavy atom. The van der Waals surface area contributed by atoms with E-state index >= 15 is 0 Å². The molecule has 1 saturated heterocycles. The first-order valence-corrected chi connectivity index (χ1v) is 10.0. The minimum Gasteiger partial charge on any atom is -0.494 e. The lowest BCUT2D eigenvalue weighted by Crippen LogP contribution is -2.46. The summed E-state index contributed by atoms with van der Waals surface area (Å²) in [4.78, 5) is 27.3.